The molecule has 5 heteroatoms. The van der Waals surface area contributed by atoms with Gasteiger partial charge in [0.25, 0.3) is 0 Å². The third kappa shape index (κ3) is 3.15. The van der Waals surface area contributed by atoms with Gasteiger partial charge in [-0.2, -0.15) is 0 Å². The summed E-state index contributed by atoms with van der Waals surface area (Å²) in [5.74, 6) is 0.635. The Morgan fingerprint density at radius 2 is 1.39 bits per heavy atom. The summed E-state index contributed by atoms with van der Waals surface area (Å²) in [6.45, 7) is 2.53. The van der Waals surface area contributed by atoms with Crippen LogP contribution in [0.2, 0.25) is 0 Å². The molecule has 2 aromatic carbocycles. The maximum absolute atomic E-state index is 12.2. The largest absolute Gasteiger partial charge is 0.494 e. The van der Waals surface area contributed by atoms with Gasteiger partial charge in [0.2, 0.25) is 0 Å². The molecule has 0 bridgehead atoms. The number of carbonyl (C=O) groups excluding carboxylic acids is 1. The molecule has 1 saturated carbocycles. The van der Waals surface area contributed by atoms with Crippen molar-refractivity contribution >= 4 is 15.6 Å². The summed E-state index contributed by atoms with van der Waals surface area (Å²) in [5, 5.41) is 0. The quantitative estimate of drug-likeness (QED) is 0.846. The lowest BCUT2D eigenvalue weighted by molar-refractivity contribution is -0.110. The summed E-state index contributed by atoms with van der Waals surface area (Å²) < 4.78 is 28.4. The van der Waals surface area contributed by atoms with Crippen LogP contribution in [0.3, 0.4) is 0 Å². The van der Waals surface area contributed by atoms with Gasteiger partial charge >= 0.3 is 0 Å². The van der Waals surface area contributed by atoms with Crippen molar-refractivity contribution in [3.63, 3.8) is 0 Å². The van der Waals surface area contributed by atoms with Crippen molar-refractivity contribution < 1.29 is 17.9 Å². The van der Waals surface area contributed by atoms with Gasteiger partial charge < -0.3 is 4.74 Å². The minimum atomic E-state index is -3.21. The van der Waals surface area contributed by atoms with Crippen LogP contribution < -0.4 is 4.74 Å². The number of rotatable bonds is 5. The fraction of sp³-hybridized carbons (Fsp3) is 0.278. The maximum atomic E-state index is 12.2. The number of hydrogen-bond acceptors (Lipinski definition) is 4. The molecule has 2 aromatic rings. The van der Waals surface area contributed by atoms with Gasteiger partial charge in [-0.15, -0.1) is 0 Å². The Bertz CT molecular complexity index is 820. The minimum absolute atomic E-state index is 0.144. The molecule has 0 aliphatic heterocycles. The first kappa shape index (κ1) is 15.7. The van der Waals surface area contributed by atoms with Crippen LogP contribution in [0.1, 0.15) is 29.9 Å². The van der Waals surface area contributed by atoms with E-state index in [0.717, 1.165) is 16.9 Å². The summed E-state index contributed by atoms with van der Waals surface area (Å²) in [7, 11) is -3.21. The summed E-state index contributed by atoms with van der Waals surface area (Å²) in [5.41, 5.74) is 1.83. The SMILES string of the molecule is CCOc1ccc(C2C(=O)C2c2ccc(S(C)(=O)=O)cc2)cc1. The maximum Gasteiger partial charge on any atom is 0.175 e. The van der Waals surface area contributed by atoms with E-state index >= 15 is 0 Å². The Hall–Kier alpha value is -2.14. The average Bonchev–Trinajstić information content (AvgIpc) is 3.19. The topological polar surface area (TPSA) is 60.4 Å². The predicted octanol–water partition coefficient (Wildman–Crippen LogP) is 2.94. The molecule has 120 valence electrons. The fourth-order valence-electron chi connectivity index (χ4n) is 2.81. The van der Waals surface area contributed by atoms with Gasteiger partial charge in [0, 0.05) is 6.26 Å². The van der Waals surface area contributed by atoms with E-state index < -0.39 is 9.84 Å². The number of ketones is 1. The van der Waals surface area contributed by atoms with E-state index in [-0.39, 0.29) is 22.5 Å². The van der Waals surface area contributed by atoms with Gasteiger partial charge in [-0.05, 0) is 42.3 Å². The number of ether oxygens (including phenoxy) is 1. The van der Waals surface area contributed by atoms with E-state index in [0.29, 0.717) is 6.61 Å². The highest BCUT2D eigenvalue weighted by atomic mass is 32.2. The monoisotopic (exact) mass is 330 g/mol. The smallest absolute Gasteiger partial charge is 0.175 e. The summed E-state index contributed by atoms with van der Waals surface area (Å²) in [6.07, 6.45) is 1.17. The molecule has 2 unspecified atom stereocenters. The third-order valence-corrected chi connectivity index (χ3v) is 5.18. The van der Waals surface area contributed by atoms with Crippen LogP contribution in [0.25, 0.3) is 0 Å². The highest BCUT2D eigenvalue weighted by molar-refractivity contribution is 7.90. The van der Waals surface area contributed by atoms with Crippen LogP contribution in [0.15, 0.2) is 53.4 Å². The molecule has 3 rings (SSSR count). The molecule has 23 heavy (non-hydrogen) atoms. The minimum Gasteiger partial charge on any atom is -0.494 e. The van der Waals surface area contributed by atoms with Crippen LogP contribution in [0, 0.1) is 0 Å². The van der Waals surface area contributed by atoms with Gasteiger partial charge in [-0.25, -0.2) is 8.42 Å². The lowest BCUT2D eigenvalue weighted by Crippen LogP contribution is -1.97. The summed E-state index contributed by atoms with van der Waals surface area (Å²) >= 11 is 0. The second kappa shape index (κ2) is 5.81. The van der Waals surface area contributed by atoms with Crippen LogP contribution in [0.5, 0.6) is 5.75 Å². The van der Waals surface area contributed by atoms with Crippen molar-refractivity contribution in [3.05, 3.63) is 59.7 Å². The molecule has 1 aliphatic rings. The van der Waals surface area contributed by atoms with Gasteiger partial charge in [-0.1, -0.05) is 24.3 Å². The Labute approximate surface area is 136 Å². The highest BCUT2D eigenvalue weighted by Gasteiger charge is 2.50. The Morgan fingerprint density at radius 1 is 0.913 bits per heavy atom. The van der Waals surface area contributed by atoms with Crippen molar-refractivity contribution in [1.82, 2.24) is 0 Å². The molecule has 0 heterocycles. The van der Waals surface area contributed by atoms with Gasteiger partial charge in [0.15, 0.2) is 9.84 Å². The molecule has 0 aromatic heterocycles. The van der Waals surface area contributed by atoms with Crippen LogP contribution >= 0.6 is 0 Å². The number of sulfone groups is 1. The first-order valence-electron chi connectivity index (χ1n) is 7.48. The molecule has 0 saturated heterocycles. The van der Waals surface area contributed by atoms with Crippen LogP contribution in [-0.4, -0.2) is 27.1 Å². The third-order valence-electron chi connectivity index (χ3n) is 4.05. The zero-order valence-corrected chi connectivity index (χ0v) is 13.8. The van der Waals surface area contributed by atoms with Crippen molar-refractivity contribution in [2.24, 2.45) is 0 Å². The highest BCUT2D eigenvalue weighted by Crippen LogP contribution is 2.50. The molecule has 0 N–H and O–H groups in total. The number of carbonyl (C=O) groups is 1. The zero-order chi connectivity index (χ0) is 16.6. The predicted molar refractivity (Wildman–Crippen MR) is 87.7 cm³/mol. The first-order valence-corrected chi connectivity index (χ1v) is 9.37. The molecule has 2 atom stereocenters. The molecule has 1 aliphatic carbocycles. The Balaban J connectivity index is 1.79. The van der Waals surface area contributed by atoms with Crippen LogP contribution in [-0.2, 0) is 14.6 Å². The number of hydrogen-bond donors (Lipinski definition) is 0. The van der Waals surface area contributed by atoms with E-state index in [2.05, 4.69) is 0 Å². The fourth-order valence-corrected chi connectivity index (χ4v) is 3.44. The standard InChI is InChI=1S/C18H18O4S/c1-3-22-14-8-4-12(5-9-14)16-17(18(16)19)13-6-10-15(11-7-13)23(2,20)21/h4-11,16-17H,3H2,1-2H3. The van der Waals surface area contributed by atoms with E-state index in [1.54, 1.807) is 24.3 Å². The Morgan fingerprint density at radius 3 is 1.83 bits per heavy atom. The van der Waals surface area contributed by atoms with Crippen LogP contribution in [0.4, 0.5) is 0 Å². The van der Waals surface area contributed by atoms with Crippen molar-refractivity contribution in [3.8, 4) is 5.75 Å². The second-order valence-electron chi connectivity index (χ2n) is 5.70. The van der Waals surface area contributed by atoms with E-state index in [4.69, 9.17) is 4.74 Å². The lowest BCUT2D eigenvalue weighted by Gasteiger charge is -2.04. The van der Waals surface area contributed by atoms with Crippen molar-refractivity contribution in [1.29, 1.82) is 0 Å². The van der Waals surface area contributed by atoms with E-state index in [1.807, 2.05) is 31.2 Å². The van der Waals surface area contributed by atoms with Crippen molar-refractivity contribution in [2.45, 2.75) is 23.7 Å². The summed E-state index contributed by atoms with van der Waals surface area (Å²) in [6, 6.07) is 14.2. The Kier molecular flexibility index (Phi) is 3.98. The molecule has 0 amide bonds. The lowest BCUT2D eigenvalue weighted by atomic mass is 10.0. The second-order valence-corrected chi connectivity index (χ2v) is 7.72. The molecule has 0 radical (unpaired) electrons. The van der Waals surface area contributed by atoms with Crippen molar-refractivity contribution in [2.75, 3.05) is 12.9 Å². The average molecular weight is 330 g/mol. The van der Waals surface area contributed by atoms with Gasteiger partial charge in [0.1, 0.15) is 11.5 Å². The molecule has 4 nitrogen and oxygen atoms in total. The van der Waals surface area contributed by atoms with Gasteiger partial charge in [-0.3, -0.25) is 4.79 Å². The normalized spacial score (nSPS) is 20.3. The van der Waals surface area contributed by atoms with E-state index in [1.165, 1.54) is 6.26 Å². The van der Waals surface area contributed by atoms with Gasteiger partial charge in [0.05, 0.1) is 23.3 Å². The zero-order valence-electron chi connectivity index (χ0n) is 13.0. The number of Topliss-reactive ketones (excluding diaryl/α,β-unsaturated/α-hetero) is 1. The number of benzene rings is 2. The van der Waals surface area contributed by atoms with E-state index in [9.17, 15) is 13.2 Å². The first-order chi connectivity index (χ1) is 10.9. The molecule has 0 spiro atoms. The molecular weight excluding hydrogens is 312 g/mol. The molecular formula is C18H18O4S. The summed E-state index contributed by atoms with van der Waals surface area (Å²) in [4.78, 5) is 12.4. The molecule has 1 fully saturated rings.